The van der Waals surface area contributed by atoms with Crippen LogP contribution in [0.1, 0.15) is 61.3 Å². The first kappa shape index (κ1) is 27.6. The lowest BCUT2D eigenvalue weighted by Crippen LogP contribution is -2.29. The maximum absolute atomic E-state index is 13.6. The van der Waals surface area contributed by atoms with E-state index >= 15 is 0 Å². The Kier molecular flexibility index (Phi) is 7.87. The normalized spacial score (nSPS) is 16.7. The standard InChI is InChI=1S/C32H33N3O4/c1-19(34)26(17-33)28(36)18-39-31(37)29-24-8-6-7-9-27(24)35-30-21(14-20-10-12-23(38-5)13-11-20)15-22(16-25(29)30)32(2,3)4/h6-14,22H,15-16,18,34H2,1-5H3/b21-14-,26-19-/t22-/m1/s1. The van der Waals surface area contributed by atoms with E-state index in [2.05, 4.69) is 26.8 Å². The van der Waals surface area contributed by atoms with E-state index < -0.39 is 18.4 Å². The molecular weight excluding hydrogens is 490 g/mol. The van der Waals surface area contributed by atoms with Crippen LogP contribution in [0, 0.1) is 22.7 Å². The monoisotopic (exact) mass is 523 g/mol. The van der Waals surface area contributed by atoms with E-state index in [1.54, 1.807) is 13.2 Å². The summed E-state index contributed by atoms with van der Waals surface area (Å²) in [6.45, 7) is 7.49. The quantitative estimate of drug-likeness (QED) is 0.244. The van der Waals surface area contributed by atoms with Gasteiger partial charge in [-0.3, -0.25) is 4.79 Å². The summed E-state index contributed by atoms with van der Waals surface area (Å²) in [4.78, 5) is 31.2. The lowest BCUT2D eigenvalue weighted by molar-refractivity contribution is -0.118. The van der Waals surface area contributed by atoms with Crippen molar-refractivity contribution in [2.75, 3.05) is 13.7 Å². The maximum atomic E-state index is 13.6. The number of nitrogens with two attached hydrogens (primary N) is 1. The summed E-state index contributed by atoms with van der Waals surface area (Å²) in [6.07, 6.45) is 3.55. The average molecular weight is 524 g/mol. The average Bonchev–Trinajstić information content (AvgIpc) is 2.90. The Morgan fingerprint density at radius 3 is 2.44 bits per heavy atom. The summed E-state index contributed by atoms with van der Waals surface area (Å²) in [7, 11) is 1.64. The van der Waals surface area contributed by atoms with Gasteiger partial charge >= 0.3 is 5.97 Å². The highest BCUT2D eigenvalue weighted by Crippen LogP contribution is 2.45. The van der Waals surface area contributed by atoms with Gasteiger partial charge in [-0.2, -0.15) is 5.26 Å². The van der Waals surface area contributed by atoms with Gasteiger partial charge in [0.25, 0.3) is 0 Å². The molecule has 0 fully saturated rings. The highest BCUT2D eigenvalue weighted by atomic mass is 16.5. The second-order valence-electron chi connectivity index (χ2n) is 10.9. The molecule has 7 nitrogen and oxygen atoms in total. The first-order valence-electron chi connectivity index (χ1n) is 12.9. The minimum absolute atomic E-state index is 0.0371. The molecule has 200 valence electrons. The van der Waals surface area contributed by atoms with Crippen LogP contribution in [0.25, 0.3) is 22.6 Å². The summed E-state index contributed by atoms with van der Waals surface area (Å²) >= 11 is 0. The van der Waals surface area contributed by atoms with Crippen molar-refractivity contribution in [2.45, 2.75) is 40.5 Å². The van der Waals surface area contributed by atoms with Crippen molar-refractivity contribution in [2.24, 2.45) is 17.1 Å². The van der Waals surface area contributed by atoms with Gasteiger partial charge in [-0.15, -0.1) is 0 Å². The van der Waals surface area contributed by atoms with Gasteiger partial charge in [0.15, 0.2) is 6.61 Å². The Labute approximate surface area is 228 Å². The number of pyridine rings is 1. The van der Waals surface area contributed by atoms with Crippen LogP contribution in [-0.4, -0.2) is 30.5 Å². The maximum Gasteiger partial charge on any atom is 0.339 e. The number of carbonyl (C=O) groups excluding carboxylic acids is 2. The minimum Gasteiger partial charge on any atom is -0.497 e. The van der Waals surface area contributed by atoms with Crippen molar-refractivity contribution in [3.05, 3.63) is 82.2 Å². The fourth-order valence-corrected chi connectivity index (χ4v) is 4.92. The third-order valence-electron chi connectivity index (χ3n) is 7.22. The van der Waals surface area contributed by atoms with Gasteiger partial charge in [0.05, 0.1) is 23.9 Å². The molecule has 7 heteroatoms. The number of para-hydroxylation sites is 1. The smallest absolute Gasteiger partial charge is 0.339 e. The zero-order chi connectivity index (χ0) is 28.3. The lowest BCUT2D eigenvalue weighted by atomic mass is 9.69. The molecule has 0 saturated carbocycles. The summed E-state index contributed by atoms with van der Waals surface area (Å²) < 4.78 is 10.8. The van der Waals surface area contributed by atoms with E-state index in [4.69, 9.17) is 20.2 Å². The van der Waals surface area contributed by atoms with E-state index in [1.165, 1.54) is 6.92 Å². The Morgan fingerprint density at radius 2 is 1.82 bits per heavy atom. The molecule has 1 aliphatic rings. The summed E-state index contributed by atoms with van der Waals surface area (Å²) in [5.74, 6) is -0.246. The molecule has 1 heterocycles. The molecule has 0 bridgehead atoms. The molecular formula is C32H33N3O4. The zero-order valence-corrected chi connectivity index (χ0v) is 23.0. The molecule has 0 unspecified atom stereocenters. The number of carbonyl (C=O) groups is 2. The molecule has 0 radical (unpaired) electrons. The molecule has 1 aliphatic carbocycles. The van der Waals surface area contributed by atoms with Crippen molar-refractivity contribution in [1.82, 2.24) is 4.98 Å². The van der Waals surface area contributed by atoms with Gasteiger partial charge in [0.1, 0.15) is 17.4 Å². The van der Waals surface area contributed by atoms with E-state index in [0.29, 0.717) is 22.9 Å². The molecule has 1 atom stereocenters. The number of Topliss-reactive ketones (excluding diaryl/α,β-unsaturated/α-hetero) is 1. The number of aromatic nitrogens is 1. The number of allylic oxidation sites excluding steroid dienone is 2. The third-order valence-corrected chi connectivity index (χ3v) is 7.22. The molecule has 0 amide bonds. The Bertz CT molecular complexity index is 1530. The van der Waals surface area contributed by atoms with Crippen molar-refractivity contribution < 1.29 is 19.1 Å². The Balaban J connectivity index is 1.85. The largest absolute Gasteiger partial charge is 0.497 e. The molecule has 2 aromatic carbocycles. The molecule has 2 N–H and O–H groups in total. The molecule has 0 saturated heterocycles. The second-order valence-corrected chi connectivity index (χ2v) is 10.9. The van der Waals surface area contributed by atoms with Gasteiger partial charge in [0, 0.05) is 11.1 Å². The first-order chi connectivity index (χ1) is 18.5. The van der Waals surface area contributed by atoms with E-state index in [0.717, 1.165) is 34.6 Å². The number of ketones is 1. The number of hydrogen-bond acceptors (Lipinski definition) is 7. The van der Waals surface area contributed by atoms with Crippen LogP contribution in [0.4, 0.5) is 0 Å². The van der Waals surface area contributed by atoms with Crippen LogP contribution in [0.3, 0.4) is 0 Å². The van der Waals surface area contributed by atoms with Gasteiger partial charge < -0.3 is 15.2 Å². The molecule has 4 rings (SSSR count). The summed E-state index contributed by atoms with van der Waals surface area (Å²) in [6, 6.07) is 17.1. The molecule has 0 spiro atoms. The van der Waals surface area contributed by atoms with E-state index in [1.807, 2.05) is 48.5 Å². The van der Waals surface area contributed by atoms with Crippen LogP contribution < -0.4 is 10.5 Å². The predicted octanol–water partition coefficient (Wildman–Crippen LogP) is 5.87. The van der Waals surface area contributed by atoms with Gasteiger partial charge in [0.2, 0.25) is 5.78 Å². The number of hydrogen-bond donors (Lipinski definition) is 1. The van der Waals surface area contributed by atoms with E-state index in [9.17, 15) is 14.9 Å². The number of esters is 1. The number of methoxy groups -OCH3 is 1. The van der Waals surface area contributed by atoms with Crippen molar-refractivity contribution in [3.63, 3.8) is 0 Å². The van der Waals surface area contributed by atoms with Crippen LogP contribution in [0.2, 0.25) is 0 Å². The van der Waals surface area contributed by atoms with Crippen molar-refractivity contribution >= 4 is 34.3 Å². The third kappa shape index (κ3) is 5.85. The van der Waals surface area contributed by atoms with Crippen LogP contribution in [-0.2, 0) is 16.0 Å². The summed E-state index contributed by atoms with van der Waals surface area (Å²) in [5, 5.41) is 9.93. The molecule has 3 aromatic rings. The zero-order valence-electron chi connectivity index (χ0n) is 23.0. The molecule has 39 heavy (non-hydrogen) atoms. The predicted molar refractivity (Wildman–Crippen MR) is 152 cm³/mol. The SMILES string of the molecule is COc1ccc(/C=C2/C[C@@H](C(C)(C)C)Cc3c2nc2ccccc2c3C(=O)OCC(=O)/C(C#N)=C(/C)N)cc1. The van der Waals surface area contributed by atoms with Crippen LogP contribution >= 0.6 is 0 Å². The minimum atomic E-state index is -0.634. The fourth-order valence-electron chi connectivity index (χ4n) is 4.92. The fraction of sp³-hybridized carbons (Fsp3) is 0.312. The second kappa shape index (κ2) is 11.1. The van der Waals surface area contributed by atoms with Crippen LogP contribution in [0.5, 0.6) is 5.75 Å². The Morgan fingerprint density at radius 1 is 1.13 bits per heavy atom. The number of nitrogens with zero attached hydrogens (tertiary/aromatic N) is 2. The van der Waals surface area contributed by atoms with Crippen LogP contribution in [0.15, 0.2) is 59.8 Å². The molecule has 0 aliphatic heterocycles. The number of benzene rings is 2. The highest BCUT2D eigenvalue weighted by molar-refractivity contribution is 6.08. The molecule has 1 aromatic heterocycles. The van der Waals surface area contributed by atoms with Gasteiger partial charge in [-0.05, 0) is 72.1 Å². The van der Waals surface area contributed by atoms with Gasteiger partial charge in [-0.1, -0.05) is 51.1 Å². The number of nitriles is 1. The number of rotatable bonds is 6. The topological polar surface area (TPSA) is 115 Å². The van der Waals surface area contributed by atoms with Crippen molar-refractivity contribution in [1.29, 1.82) is 5.26 Å². The first-order valence-corrected chi connectivity index (χ1v) is 12.9. The number of ether oxygens (including phenoxy) is 2. The van der Waals surface area contributed by atoms with Crippen molar-refractivity contribution in [3.8, 4) is 11.8 Å². The number of fused-ring (bicyclic) bond motifs is 2. The van der Waals surface area contributed by atoms with Gasteiger partial charge in [-0.25, -0.2) is 9.78 Å². The highest BCUT2D eigenvalue weighted by Gasteiger charge is 2.35. The van der Waals surface area contributed by atoms with E-state index in [-0.39, 0.29) is 22.6 Å². The lowest BCUT2D eigenvalue weighted by Gasteiger charge is -2.36. The Hall–Kier alpha value is -4.44. The summed E-state index contributed by atoms with van der Waals surface area (Å²) in [5.41, 5.74) is 10.2.